The number of fused-ring (bicyclic) bond motifs is 1. The summed E-state index contributed by atoms with van der Waals surface area (Å²) in [6.07, 6.45) is -9.03. The molecule has 1 aliphatic heterocycles. The quantitative estimate of drug-likeness (QED) is 0.788. The molecule has 0 radical (unpaired) electrons. The fraction of sp³-hybridized carbons (Fsp3) is 0.571. The Balaban J connectivity index is 1.88. The molecule has 3 rings (SSSR count). The summed E-state index contributed by atoms with van der Waals surface area (Å²) in [7, 11) is 0. The smallest absolute Gasteiger partial charge is 0.350 e. The van der Waals surface area contributed by atoms with Crippen LogP contribution in [0.15, 0.2) is 12.1 Å². The molecule has 1 amide bonds. The molecular weight excluding hydrogens is 382 g/mol. The zero-order valence-corrected chi connectivity index (χ0v) is 13.8. The Labute approximate surface area is 148 Å². The summed E-state index contributed by atoms with van der Waals surface area (Å²) in [5, 5.41) is 12.3. The van der Waals surface area contributed by atoms with E-state index in [1.165, 1.54) is 12.1 Å². The molecule has 0 bridgehead atoms. The van der Waals surface area contributed by atoms with Gasteiger partial charge in [0.2, 0.25) is 0 Å². The van der Waals surface area contributed by atoms with Gasteiger partial charge in [-0.15, -0.1) is 15.3 Å². The molecule has 2 aromatic heterocycles. The molecule has 1 aliphatic rings. The molecule has 27 heavy (non-hydrogen) atoms. The van der Waals surface area contributed by atoms with Crippen molar-refractivity contribution in [3.8, 4) is 0 Å². The van der Waals surface area contributed by atoms with Gasteiger partial charge in [0.25, 0.3) is 5.82 Å². The first kappa shape index (κ1) is 19.2. The molecule has 0 saturated carbocycles. The number of piperidine rings is 1. The minimum absolute atomic E-state index is 0.113. The number of halogens is 6. The molecule has 148 valence electrons. The van der Waals surface area contributed by atoms with Crippen LogP contribution >= 0.6 is 0 Å². The lowest BCUT2D eigenvalue weighted by Gasteiger charge is -2.40. The summed E-state index contributed by atoms with van der Waals surface area (Å²) in [4.78, 5) is 12.7. The van der Waals surface area contributed by atoms with Crippen molar-refractivity contribution in [2.45, 2.75) is 44.2 Å². The van der Waals surface area contributed by atoms with Crippen LogP contribution in [0.2, 0.25) is 0 Å². The van der Waals surface area contributed by atoms with Crippen molar-refractivity contribution in [1.82, 2.24) is 25.1 Å². The Bertz CT molecular complexity index is 847. The van der Waals surface area contributed by atoms with Gasteiger partial charge in [0, 0.05) is 18.6 Å². The first-order valence-electron chi connectivity index (χ1n) is 7.92. The second-order valence-electron chi connectivity index (χ2n) is 6.14. The number of amides is 1. The minimum Gasteiger partial charge on any atom is -0.350 e. The van der Waals surface area contributed by atoms with Gasteiger partial charge in [-0.05, 0) is 31.9 Å². The third kappa shape index (κ3) is 3.76. The average Bonchev–Trinajstić information content (AvgIpc) is 2.99. The number of nitrogens with zero attached hydrogens (tertiary/aromatic N) is 5. The number of nitrogens with one attached hydrogen (secondary N) is 1. The molecule has 1 saturated heterocycles. The summed E-state index contributed by atoms with van der Waals surface area (Å²) in [6, 6.07) is 1.26. The van der Waals surface area contributed by atoms with Gasteiger partial charge in [-0.25, -0.2) is 0 Å². The molecule has 2 atom stereocenters. The summed E-state index contributed by atoms with van der Waals surface area (Å²) >= 11 is 0. The molecule has 2 aromatic rings. The van der Waals surface area contributed by atoms with Crippen molar-refractivity contribution >= 4 is 17.4 Å². The van der Waals surface area contributed by atoms with E-state index < -0.39 is 36.2 Å². The Morgan fingerprint density at radius 2 is 1.89 bits per heavy atom. The van der Waals surface area contributed by atoms with E-state index in [1.807, 2.05) is 5.32 Å². The maximum Gasteiger partial charge on any atom is 0.471 e. The van der Waals surface area contributed by atoms with Crippen molar-refractivity contribution in [1.29, 1.82) is 0 Å². The van der Waals surface area contributed by atoms with Gasteiger partial charge in [0.05, 0.1) is 0 Å². The Hall–Kier alpha value is -2.60. The molecule has 1 fully saturated rings. The highest BCUT2D eigenvalue weighted by Gasteiger charge is 2.42. The minimum atomic E-state index is -5.01. The van der Waals surface area contributed by atoms with E-state index in [4.69, 9.17) is 0 Å². The number of hydrogen-bond acceptors (Lipinski definition) is 5. The molecule has 0 aromatic carbocycles. The van der Waals surface area contributed by atoms with E-state index >= 15 is 0 Å². The highest BCUT2D eigenvalue weighted by Crippen LogP contribution is 2.29. The Morgan fingerprint density at radius 1 is 1.19 bits per heavy atom. The lowest BCUT2D eigenvalue weighted by molar-refractivity contribution is -0.174. The molecule has 1 N–H and O–H groups in total. The van der Waals surface area contributed by atoms with Gasteiger partial charge in [0.15, 0.2) is 5.65 Å². The number of rotatable bonds is 2. The lowest BCUT2D eigenvalue weighted by atomic mass is 9.97. The fourth-order valence-corrected chi connectivity index (χ4v) is 3.02. The SMILES string of the molecule is C[C@@H]1[C@H](NC(=O)C(F)(F)F)CCCN1c1ccc2nnc(C(F)(F)F)n2n1. The van der Waals surface area contributed by atoms with E-state index in [-0.39, 0.29) is 11.5 Å². The first-order chi connectivity index (χ1) is 12.5. The average molecular weight is 396 g/mol. The number of hydrogen-bond donors (Lipinski definition) is 1. The number of carbonyl (C=O) groups is 1. The monoisotopic (exact) mass is 396 g/mol. The third-order valence-corrected chi connectivity index (χ3v) is 4.36. The standard InChI is InChI=1S/C14H14F6N6O/c1-7-8(21-12(27)14(18,19)20)3-2-6-25(7)10-5-4-9-22-23-11(13(15,16)17)26(9)24-10/h4-5,7-8H,2-3,6H2,1H3,(H,21,27)/t7-,8-/m1/s1. The van der Waals surface area contributed by atoms with E-state index in [2.05, 4.69) is 15.3 Å². The van der Waals surface area contributed by atoms with Crippen molar-refractivity contribution < 1.29 is 31.1 Å². The van der Waals surface area contributed by atoms with Gasteiger partial charge in [-0.1, -0.05) is 0 Å². The summed E-state index contributed by atoms with van der Waals surface area (Å²) < 4.78 is 77.0. The number of carbonyl (C=O) groups excluding carboxylic acids is 1. The second-order valence-corrected chi connectivity index (χ2v) is 6.14. The van der Waals surface area contributed by atoms with Gasteiger partial charge in [0.1, 0.15) is 5.82 Å². The van der Waals surface area contributed by atoms with Gasteiger partial charge in [-0.3, -0.25) is 4.79 Å². The Kier molecular flexibility index (Phi) is 4.64. The van der Waals surface area contributed by atoms with Gasteiger partial charge < -0.3 is 10.2 Å². The summed E-state index contributed by atoms with van der Waals surface area (Å²) in [5.41, 5.74) is -0.113. The topological polar surface area (TPSA) is 75.4 Å². The van der Waals surface area contributed by atoms with E-state index in [0.717, 1.165) is 0 Å². The number of anilines is 1. The van der Waals surface area contributed by atoms with Gasteiger partial charge >= 0.3 is 18.3 Å². The molecule has 13 heteroatoms. The van der Waals surface area contributed by atoms with Crippen molar-refractivity contribution in [2.75, 3.05) is 11.4 Å². The molecule has 0 spiro atoms. The van der Waals surface area contributed by atoms with Crippen molar-refractivity contribution in [3.05, 3.63) is 18.0 Å². The molecule has 3 heterocycles. The zero-order valence-electron chi connectivity index (χ0n) is 13.8. The predicted molar refractivity (Wildman–Crippen MR) is 79.8 cm³/mol. The predicted octanol–water partition coefficient (Wildman–Crippen LogP) is 2.18. The van der Waals surface area contributed by atoms with E-state index in [0.29, 0.717) is 23.9 Å². The Morgan fingerprint density at radius 3 is 2.52 bits per heavy atom. The normalized spacial score (nSPS) is 21.5. The van der Waals surface area contributed by atoms with Crippen LogP contribution in [0, 0.1) is 0 Å². The molecule has 0 aliphatic carbocycles. The van der Waals surface area contributed by atoms with Crippen LogP contribution in [0.25, 0.3) is 5.65 Å². The summed E-state index contributed by atoms with van der Waals surface area (Å²) in [5.74, 6) is -3.24. The second kappa shape index (κ2) is 6.53. The molecule has 7 nitrogen and oxygen atoms in total. The first-order valence-corrected chi connectivity index (χ1v) is 7.92. The van der Waals surface area contributed by atoms with Crippen LogP contribution in [-0.4, -0.2) is 50.5 Å². The molecule has 0 unspecified atom stereocenters. The molecular formula is C14H14F6N6O. The number of alkyl halides is 6. The summed E-state index contributed by atoms with van der Waals surface area (Å²) in [6.45, 7) is 1.94. The highest BCUT2D eigenvalue weighted by atomic mass is 19.4. The van der Waals surface area contributed by atoms with Crippen molar-refractivity contribution in [3.63, 3.8) is 0 Å². The zero-order chi connectivity index (χ0) is 20.0. The van der Waals surface area contributed by atoms with Crippen LogP contribution in [0.3, 0.4) is 0 Å². The maximum absolute atomic E-state index is 13.0. The van der Waals surface area contributed by atoms with Gasteiger partial charge in [-0.2, -0.15) is 30.9 Å². The van der Waals surface area contributed by atoms with Crippen LogP contribution in [0.1, 0.15) is 25.6 Å². The van der Waals surface area contributed by atoms with Crippen LogP contribution in [0.4, 0.5) is 32.2 Å². The highest BCUT2D eigenvalue weighted by molar-refractivity contribution is 5.82. The third-order valence-electron chi connectivity index (χ3n) is 4.36. The van der Waals surface area contributed by atoms with E-state index in [1.54, 1.807) is 11.8 Å². The van der Waals surface area contributed by atoms with Crippen LogP contribution < -0.4 is 10.2 Å². The van der Waals surface area contributed by atoms with Crippen LogP contribution in [-0.2, 0) is 11.0 Å². The van der Waals surface area contributed by atoms with Crippen molar-refractivity contribution in [2.24, 2.45) is 0 Å². The maximum atomic E-state index is 13.0. The van der Waals surface area contributed by atoms with E-state index in [9.17, 15) is 31.1 Å². The van der Waals surface area contributed by atoms with Crippen LogP contribution in [0.5, 0.6) is 0 Å². The largest absolute Gasteiger partial charge is 0.471 e. The fourth-order valence-electron chi connectivity index (χ4n) is 3.02. The number of aromatic nitrogens is 4. The lowest BCUT2D eigenvalue weighted by Crippen LogP contribution is -2.56.